The zero-order valence-electron chi connectivity index (χ0n) is 13.1. The standard InChI is InChI=1S/C17H16N2O3S/c1-4-21-17(20)12-6-5-7-13(8-12)22-15-14-10(2)11(3)23-16(14)19-9-18-15/h5-9H,4H2,1-3H3. The minimum Gasteiger partial charge on any atom is -0.462 e. The molecule has 0 radical (unpaired) electrons. The van der Waals surface area contributed by atoms with Gasteiger partial charge in [0.15, 0.2) is 0 Å². The predicted octanol–water partition coefficient (Wildman–Crippen LogP) is 4.28. The van der Waals surface area contributed by atoms with Crippen LogP contribution in [0.15, 0.2) is 30.6 Å². The first-order valence-electron chi connectivity index (χ1n) is 7.26. The molecule has 0 aliphatic rings. The first-order valence-corrected chi connectivity index (χ1v) is 8.07. The molecule has 3 rings (SSSR count). The summed E-state index contributed by atoms with van der Waals surface area (Å²) in [5.41, 5.74) is 1.56. The monoisotopic (exact) mass is 328 g/mol. The summed E-state index contributed by atoms with van der Waals surface area (Å²) in [6.45, 7) is 6.19. The Morgan fingerprint density at radius 2 is 2.09 bits per heavy atom. The summed E-state index contributed by atoms with van der Waals surface area (Å²) < 4.78 is 10.9. The number of hydrogen-bond acceptors (Lipinski definition) is 6. The van der Waals surface area contributed by atoms with Gasteiger partial charge in [0.2, 0.25) is 5.88 Å². The second kappa shape index (κ2) is 6.34. The predicted molar refractivity (Wildman–Crippen MR) is 89.4 cm³/mol. The molecular formula is C17H16N2O3S. The van der Waals surface area contributed by atoms with Crippen molar-refractivity contribution in [3.8, 4) is 11.6 Å². The Kier molecular flexibility index (Phi) is 4.25. The van der Waals surface area contributed by atoms with Crippen LogP contribution in [0, 0.1) is 13.8 Å². The van der Waals surface area contributed by atoms with Crippen molar-refractivity contribution in [1.29, 1.82) is 0 Å². The number of carbonyl (C=O) groups excluding carboxylic acids is 1. The van der Waals surface area contributed by atoms with Gasteiger partial charge in [-0.15, -0.1) is 11.3 Å². The number of aryl methyl sites for hydroxylation is 2. The van der Waals surface area contributed by atoms with Crippen molar-refractivity contribution in [3.05, 3.63) is 46.6 Å². The van der Waals surface area contributed by atoms with Crippen LogP contribution in [-0.4, -0.2) is 22.5 Å². The fourth-order valence-electron chi connectivity index (χ4n) is 2.24. The Labute approximate surface area is 137 Å². The second-order valence-corrected chi connectivity index (χ2v) is 6.20. The highest BCUT2D eigenvalue weighted by Crippen LogP contribution is 2.35. The Bertz CT molecular complexity index is 873. The van der Waals surface area contributed by atoms with Gasteiger partial charge in [-0.3, -0.25) is 0 Å². The molecule has 1 aromatic carbocycles. The maximum Gasteiger partial charge on any atom is 0.338 e. The van der Waals surface area contributed by atoms with Crippen molar-refractivity contribution in [2.45, 2.75) is 20.8 Å². The topological polar surface area (TPSA) is 61.3 Å². The zero-order chi connectivity index (χ0) is 16.4. The van der Waals surface area contributed by atoms with Crippen molar-refractivity contribution in [1.82, 2.24) is 9.97 Å². The van der Waals surface area contributed by atoms with Crippen LogP contribution in [0.25, 0.3) is 10.2 Å². The van der Waals surface area contributed by atoms with E-state index in [4.69, 9.17) is 9.47 Å². The zero-order valence-corrected chi connectivity index (χ0v) is 13.9. The van der Waals surface area contributed by atoms with Crippen LogP contribution in [0.4, 0.5) is 0 Å². The van der Waals surface area contributed by atoms with Crippen LogP contribution in [0.3, 0.4) is 0 Å². The number of carbonyl (C=O) groups is 1. The number of thiophene rings is 1. The summed E-state index contributed by atoms with van der Waals surface area (Å²) in [6.07, 6.45) is 1.49. The van der Waals surface area contributed by atoms with Gasteiger partial charge in [-0.05, 0) is 44.5 Å². The van der Waals surface area contributed by atoms with Crippen molar-refractivity contribution >= 4 is 27.5 Å². The van der Waals surface area contributed by atoms with Crippen molar-refractivity contribution in [2.75, 3.05) is 6.61 Å². The molecule has 0 saturated heterocycles. The molecule has 2 aromatic heterocycles. The maximum absolute atomic E-state index is 11.8. The molecule has 0 amide bonds. The molecule has 0 aliphatic heterocycles. The lowest BCUT2D eigenvalue weighted by molar-refractivity contribution is 0.0526. The molecular weight excluding hydrogens is 312 g/mol. The number of rotatable bonds is 4. The van der Waals surface area contributed by atoms with Gasteiger partial charge >= 0.3 is 5.97 Å². The molecule has 0 bridgehead atoms. The SMILES string of the molecule is CCOC(=O)c1cccc(Oc2ncnc3sc(C)c(C)c23)c1. The average Bonchev–Trinajstić information content (AvgIpc) is 2.84. The molecule has 0 N–H and O–H groups in total. The molecule has 0 fully saturated rings. The van der Waals surface area contributed by atoms with Gasteiger partial charge in [0.05, 0.1) is 17.6 Å². The molecule has 0 aliphatic carbocycles. The molecule has 0 unspecified atom stereocenters. The third-order valence-corrected chi connectivity index (χ3v) is 4.61. The third-order valence-electron chi connectivity index (χ3n) is 3.49. The van der Waals surface area contributed by atoms with Crippen molar-refractivity contribution in [3.63, 3.8) is 0 Å². The van der Waals surface area contributed by atoms with Gasteiger partial charge < -0.3 is 9.47 Å². The number of aromatic nitrogens is 2. The van der Waals surface area contributed by atoms with Gasteiger partial charge in [-0.2, -0.15) is 0 Å². The molecule has 2 heterocycles. The summed E-state index contributed by atoms with van der Waals surface area (Å²) >= 11 is 1.61. The fourth-order valence-corrected chi connectivity index (χ4v) is 3.23. The lowest BCUT2D eigenvalue weighted by atomic mass is 10.2. The summed E-state index contributed by atoms with van der Waals surface area (Å²) in [4.78, 5) is 22.4. The van der Waals surface area contributed by atoms with Crippen LogP contribution in [0.2, 0.25) is 0 Å². The summed E-state index contributed by atoms with van der Waals surface area (Å²) in [5, 5.41) is 0.913. The smallest absolute Gasteiger partial charge is 0.338 e. The van der Waals surface area contributed by atoms with E-state index in [1.54, 1.807) is 42.5 Å². The minimum absolute atomic E-state index is 0.337. The van der Waals surface area contributed by atoms with Crippen LogP contribution in [0.5, 0.6) is 11.6 Å². The average molecular weight is 328 g/mol. The molecule has 3 aromatic rings. The second-order valence-electron chi connectivity index (χ2n) is 4.99. The first kappa shape index (κ1) is 15.4. The van der Waals surface area contributed by atoms with Gasteiger partial charge in [0, 0.05) is 4.88 Å². The highest BCUT2D eigenvalue weighted by atomic mass is 32.1. The van der Waals surface area contributed by atoms with Gasteiger partial charge in [-0.25, -0.2) is 14.8 Å². The van der Waals surface area contributed by atoms with Gasteiger partial charge in [-0.1, -0.05) is 6.07 Å². The molecule has 0 spiro atoms. The number of hydrogen-bond donors (Lipinski definition) is 0. The minimum atomic E-state index is -0.367. The van der Waals surface area contributed by atoms with E-state index in [1.165, 1.54) is 11.2 Å². The van der Waals surface area contributed by atoms with Gasteiger partial charge in [0.1, 0.15) is 16.9 Å². The van der Waals surface area contributed by atoms with E-state index in [0.29, 0.717) is 23.8 Å². The van der Waals surface area contributed by atoms with E-state index in [0.717, 1.165) is 15.8 Å². The van der Waals surface area contributed by atoms with E-state index in [1.807, 2.05) is 13.8 Å². The van der Waals surface area contributed by atoms with Crippen LogP contribution < -0.4 is 4.74 Å². The Balaban J connectivity index is 1.97. The molecule has 6 heteroatoms. The normalized spacial score (nSPS) is 10.7. The van der Waals surface area contributed by atoms with Crippen molar-refractivity contribution < 1.29 is 14.3 Å². The number of ether oxygens (including phenoxy) is 2. The number of esters is 1. The van der Waals surface area contributed by atoms with Crippen LogP contribution >= 0.6 is 11.3 Å². The number of nitrogens with zero attached hydrogens (tertiary/aromatic N) is 2. The summed E-state index contributed by atoms with van der Waals surface area (Å²) in [6, 6.07) is 6.89. The molecule has 23 heavy (non-hydrogen) atoms. The number of fused-ring (bicyclic) bond motifs is 1. The maximum atomic E-state index is 11.8. The molecule has 118 valence electrons. The fraction of sp³-hybridized carbons (Fsp3) is 0.235. The van der Waals surface area contributed by atoms with E-state index >= 15 is 0 Å². The van der Waals surface area contributed by atoms with E-state index in [-0.39, 0.29) is 5.97 Å². The Hall–Kier alpha value is -2.47. The Morgan fingerprint density at radius 3 is 2.87 bits per heavy atom. The summed E-state index contributed by atoms with van der Waals surface area (Å²) in [5.74, 6) is 0.671. The third kappa shape index (κ3) is 3.03. The van der Waals surface area contributed by atoms with E-state index < -0.39 is 0 Å². The van der Waals surface area contributed by atoms with Gasteiger partial charge in [0.25, 0.3) is 0 Å². The van der Waals surface area contributed by atoms with E-state index in [2.05, 4.69) is 9.97 Å². The molecule has 0 saturated carbocycles. The first-order chi connectivity index (χ1) is 11.1. The largest absolute Gasteiger partial charge is 0.462 e. The highest BCUT2D eigenvalue weighted by Gasteiger charge is 2.14. The van der Waals surface area contributed by atoms with Crippen LogP contribution in [0.1, 0.15) is 27.7 Å². The van der Waals surface area contributed by atoms with Crippen LogP contribution in [-0.2, 0) is 4.74 Å². The quantitative estimate of drug-likeness (QED) is 0.669. The highest BCUT2D eigenvalue weighted by molar-refractivity contribution is 7.18. The van der Waals surface area contributed by atoms with E-state index in [9.17, 15) is 4.79 Å². The lowest BCUT2D eigenvalue weighted by Gasteiger charge is -2.08. The van der Waals surface area contributed by atoms with Crippen molar-refractivity contribution in [2.24, 2.45) is 0 Å². The molecule has 0 atom stereocenters. The lowest BCUT2D eigenvalue weighted by Crippen LogP contribution is -2.04. The Morgan fingerprint density at radius 1 is 1.26 bits per heavy atom. The number of benzene rings is 1. The molecule has 5 nitrogen and oxygen atoms in total. The summed E-state index contributed by atoms with van der Waals surface area (Å²) in [7, 11) is 0.